The van der Waals surface area contributed by atoms with Gasteiger partial charge in [0.1, 0.15) is 0 Å². The molecular weight excluding hydrogens is 284 g/mol. The lowest BCUT2D eigenvalue weighted by atomic mass is 9.99. The zero-order chi connectivity index (χ0) is 15.4. The lowest BCUT2D eigenvalue weighted by Crippen LogP contribution is -2.37. The monoisotopic (exact) mass is 301 g/mol. The van der Waals surface area contributed by atoms with Crippen molar-refractivity contribution in [1.29, 1.82) is 5.26 Å². The van der Waals surface area contributed by atoms with E-state index in [4.69, 9.17) is 0 Å². The third-order valence-electron chi connectivity index (χ3n) is 3.23. The molecule has 0 bridgehead atoms. The highest BCUT2D eigenvalue weighted by molar-refractivity contribution is 7.93. The van der Waals surface area contributed by atoms with Crippen LogP contribution in [0, 0.1) is 23.0 Å². The van der Waals surface area contributed by atoms with Crippen molar-refractivity contribution in [3.8, 4) is 6.07 Å². The Bertz CT molecular complexity index is 615. The number of hydrogen-bond donors (Lipinski definition) is 0. The fourth-order valence-electron chi connectivity index (χ4n) is 2.24. The summed E-state index contributed by atoms with van der Waals surface area (Å²) in [4.78, 5) is -0.347. The van der Waals surface area contributed by atoms with Gasteiger partial charge >= 0.3 is 0 Å². The average Bonchev–Trinajstić information content (AvgIpc) is 2.41. The second kappa shape index (κ2) is 6.31. The normalized spacial score (nSPS) is 12.2. The highest BCUT2D eigenvalue weighted by Crippen LogP contribution is 2.34. The minimum absolute atomic E-state index is 0.165. The SMILES string of the molecule is CCCC(C#N)(CCC)S(=O)(=O)c1ccc(F)c(F)c1. The Balaban J connectivity index is 3.44. The van der Waals surface area contributed by atoms with Crippen LogP contribution < -0.4 is 0 Å². The fraction of sp³-hybridized carbons (Fsp3) is 0.500. The molecule has 0 aliphatic heterocycles. The Morgan fingerprint density at radius 1 is 1.15 bits per heavy atom. The maximum Gasteiger partial charge on any atom is 0.197 e. The van der Waals surface area contributed by atoms with Crippen LogP contribution in [-0.4, -0.2) is 13.2 Å². The van der Waals surface area contributed by atoms with Gasteiger partial charge in [0.25, 0.3) is 0 Å². The molecule has 0 aromatic heterocycles. The summed E-state index contributed by atoms with van der Waals surface area (Å²) in [6.45, 7) is 3.56. The predicted octanol–water partition coefficient (Wildman–Crippen LogP) is 3.60. The summed E-state index contributed by atoms with van der Waals surface area (Å²) >= 11 is 0. The van der Waals surface area contributed by atoms with Crippen molar-refractivity contribution in [2.45, 2.75) is 49.2 Å². The predicted molar refractivity (Wildman–Crippen MR) is 71.7 cm³/mol. The topological polar surface area (TPSA) is 57.9 Å². The van der Waals surface area contributed by atoms with Crippen LogP contribution in [0.1, 0.15) is 39.5 Å². The van der Waals surface area contributed by atoms with Crippen molar-refractivity contribution < 1.29 is 17.2 Å². The van der Waals surface area contributed by atoms with Gasteiger partial charge in [-0.3, -0.25) is 0 Å². The van der Waals surface area contributed by atoms with E-state index in [2.05, 4.69) is 0 Å². The highest BCUT2D eigenvalue weighted by Gasteiger charge is 2.43. The maximum atomic E-state index is 13.3. The van der Waals surface area contributed by atoms with E-state index < -0.39 is 26.2 Å². The van der Waals surface area contributed by atoms with Crippen LogP contribution in [0.15, 0.2) is 23.1 Å². The van der Waals surface area contributed by atoms with Crippen molar-refractivity contribution in [1.82, 2.24) is 0 Å². The molecule has 0 fully saturated rings. The fourth-order valence-corrected chi connectivity index (χ4v) is 4.27. The second-order valence-corrected chi connectivity index (χ2v) is 6.95. The molecule has 0 radical (unpaired) electrons. The van der Waals surface area contributed by atoms with E-state index in [1.54, 1.807) is 13.8 Å². The largest absolute Gasteiger partial charge is 0.222 e. The first kappa shape index (κ1) is 16.6. The third kappa shape index (κ3) is 2.83. The molecule has 0 N–H and O–H groups in total. The first-order valence-corrected chi connectivity index (χ1v) is 7.94. The summed E-state index contributed by atoms with van der Waals surface area (Å²) in [6, 6.07) is 4.30. The summed E-state index contributed by atoms with van der Waals surface area (Å²) in [5.41, 5.74) is 0. The molecule has 1 aromatic rings. The van der Waals surface area contributed by atoms with Crippen LogP contribution in [0.5, 0.6) is 0 Å². The van der Waals surface area contributed by atoms with Crippen LogP contribution in [-0.2, 0) is 9.84 Å². The van der Waals surface area contributed by atoms with Gasteiger partial charge in [0.2, 0.25) is 0 Å². The van der Waals surface area contributed by atoms with E-state index in [0.29, 0.717) is 18.9 Å². The lowest BCUT2D eigenvalue weighted by Gasteiger charge is -2.25. The minimum Gasteiger partial charge on any atom is -0.222 e. The minimum atomic E-state index is -4.04. The first-order chi connectivity index (χ1) is 9.34. The van der Waals surface area contributed by atoms with Gasteiger partial charge in [-0.05, 0) is 31.0 Å². The van der Waals surface area contributed by atoms with Crippen molar-refractivity contribution in [3.63, 3.8) is 0 Å². The van der Waals surface area contributed by atoms with Crippen LogP contribution in [0.2, 0.25) is 0 Å². The first-order valence-electron chi connectivity index (χ1n) is 6.45. The van der Waals surface area contributed by atoms with Gasteiger partial charge in [0, 0.05) is 0 Å². The van der Waals surface area contributed by atoms with E-state index in [1.165, 1.54) is 0 Å². The van der Waals surface area contributed by atoms with Crippen LogP contribution in [0.3, 0.4) is 0 Å². The summed E-state index contributed by atoms with van der Waals surface area (Å²) in [7, 11) is -4.04. The summed E-state index contributed by atoms with van der Waals surface area (Å²) in [5.74, 6) is -2.34. The van der Waals surface area contributed by atoms with Crippen LogP contribution in [0.4, 0.5) is 8.78 Å². The van der Waals surface area contributed by atoms with Gasteiger partial charge in [0.15, 0.2) is 26.2 Å². The second-order valence-electron chi connectivity index (χ2n) is 4.69. The molecule has 20 heavy (non-hydrogen) atoms. The number of nitriles is 1. The smallest absolute Gasteiger partial charge is 0.197 e. The molecular formula is C14H17F2NO2S. The Kier molecular flexibility index (Phi) is 5.23. The van der Waals surface area contributed by atoms with Crippen LogP contribution >= 0.6 is 0 Å². The maximum absolute atomic E-state index is 13.3. The summed E-state index contributed by atoms with van der Waals surface area (Å²) in [6.07, 6.45) is 1.35. The molecule has 1 aromatic carbocycles. The number of sulfone groups is 1. The van der Waals surface area contributed by atoms with E-state index in [1.807, 2.05) is 6.07 Å². The molecule has 0 spiro atoms. The number of nitrogens with zero attached hydrogens (tertiary/aromatic N) is 1. The van der Waals surface area contributed by atoms with Gasteiger partial charge in [0.05, 0.1) is 11.0 Å². The Morgan fingerprint density at radius 3 is 2.10 bits per heavy atom. The Morgan fingerprint density at radius 2 is 1.70 bits per heavy atom. The Hall–Kier alpha value is -1.48. The van der Waals surface area contributed by atoms with Crippen molar-refractivity contribution in [3.05, 3.63) is 29.8 Å². The van der Waals surface area contributed by atoms with Gasteiger partial charge in [-0.1, -0.05) is 26.7 Å². The molecule has 0 aliphatic carbocycles. The van der Waals surface area contributed by atoms with Crippen LogP contribution in [0.25, 0.3) is 0 Å². The molecule has 1 rings (SSSR count). The molecule has 0 unspecified atom stereocenters. The van der Waals surface area contributed by atoms with Crippen molar-refractivity contribution in [2.24, 2.45) is 0 Å². The molecule has 110 valence electrons. The molecule has 3 nitrogen and oxygen atoms in total. The van der Waals surface area contributed by atoms with Gasteiger partial charge < -0.3 is 0 Å². The highest BCUT2D eigenvalue weighted by atomic mass is 32.2. The quantitative estimate of drug-likeness (QED) is 0.754. The number of rotatable bonds is 6. The van der Waals surface area contributed by atoms with E-state index in [0.717, 1.165) is 12.1 Å². The zero-order valence-corrected chi connectivity index (χ0v) is 12.3. The molecule has 0 aliphatic rings. The molecule has 0 atom stereocenters. The summed E-state index contributed by atoms with van der Waals surface area (Å²) < 4.78 is 49.8. The number of hydrogen-bond acceptors (Lipinski definition) is 3. The molecule has 0 saturated heterocycles. The molecule has 6 heteroatoms. The molecule has 0 heterocycles. The molecule has 0 saturated carbocycles. The zero-order valence-electron chi connectivity index (χ0n) is 11.5. The van der Waals surface area contributed by atoms with Crippen molar-refractivity contribution in [2.75, 3.05) is 0 Å². The van der Waals surface area contributed by atoms with Gasteiger partial charge in [-0.15, -0.1) is 0 Å². The van der Waals surface area contributed by atoms with E-state index in [9.17, 15) is 22.5 Å². The van der Waals surface area contributed by atoms with Gasteiger partial charge in [-0.25, -0.2) is 17.2 Å². The Labute approximate surface area is 118 Å². The number of benzene rings is 1. The standard InChI is InChI=1S/C14H17F2NO2S/c1-3-7-14(10-17,8-4-2)20(18,19)11-5-6-12(15)13(16)9-11/h5-6,9H,3-4,7-8H2,1-2H3. The van der Waals surface area contributed by atoms with Crippen molar-refractivity contribution >= 4 is 9.84 Å². The van der Waals surface area contributed by atoms with Gasteiger partial charge in [-0.2, -0.15) is 5.26 Å². The third-order valence-corrected chi connectivity index (χ3v) is 5.63. The lowest BCUT2D eigenvalue weighted by molar-refractivity contribution is 0.496. The average molecular weight is 301 g/mol. The number of halogens is 2. The van der Waals surface area contributed by atoms with E-state index >= 15 is 0 Å². The van der Waals surface area contributed by atoms with E-state index in [-0.39, 0.29) is 17.7 Å². The molecule has 0 amide bonds. The summed E-state index contributed by atoms with van der Waals surface area (Å²) in [5, 5.41) is 9.36.